The largest absolute Gasteiger partial charge is 0.497 e. The fourth-order valence-electron chi connectivity index (χ4n) is 2.90. The van der Waals surface area contributed by atoms with Gasteiger partial charge in [0.15, 0.2) is 5.78 Å². The average Bonchev–Trinajstić information content (AvgIpc) is 2.61. The van der Waals surface area contributed by atoms with Crippen molar-refractivity contribution in [2.45, 2.75) is 19.3 Å². The zero-order chi connectivity index (χ0) is 18.4. The Morgan fingerprint density at radius 2 is 1.60 bits per heavy atom. The number of rotatable bonds is 8. The van der Waals surface area contributed by atoms with Crippen molar-refractivity contribution in [2.75, 3.05) is 7.11 Å². The maximum atomic E-state index is 12.7. The molecule has 2 aromatic carbocycles. The van der Waals surface area contributed by atoms with Gasteiger partial charge in [-0.05, 0) is 36.8 Å². The summed E-state index contributed by atoms with van der Waals surface area (Å²) in [6.45, 7) is 1.32. The lowest BCUT2D eigenvalue weighted by Gasteiger charge is -2.23. The summed E-state index contributed by atoms with van der Waals surface area (Å²) in [4.78, 5) is 36.5. The van der Waals surface area contributed by atoms with Gasteiger partial charge in [0.1, 0.15) is 17.5 Å². The Balaban J connectivity index is 2.33. The van der Waals surface area contributed by atoms with E-state index in [1.165, 1.54) is 6.92 Å². The lowest BCUT2D eigenvalue weighted by atomic mass is 9.79. The molecule has 0 heterocycles. The molecular formula is C20H21NO4. The van der Waals surface area contributed by atoms with Crippen molar-refractivity contribution in [2.24, 2.45) is 11.7 Å². The summed E-state index contributed by atoms with van der Waals surface area (Å²) in [6, 6.07) is 15.8. The van der Waals surface area contributed by atoms with Gasteiger partial charge < -0.3 is 10.5 Å². The van der Waals surface area contributed by atoms with Crippen molar-refractivity contribution < 1.29 is 19.1 Å². The van der Waals surface area contributed by atoms with Gasteiger partial charge in [0.2, 0.25) is 5.91 Å². The Kier molecular flexibility index (Phi) is 6.06. The molecule has 130 valence electrons. The van der Waals surface area contributed by atoms with Gasteiger partial charge in [0, 0.05) is 17.9 Å². The van der Waals surface area contributed by atoms with Crippen LogP contribution in [0.2, 0.25) is 0 Å². The molecule has 0 saturated carbocycles. The maximum Gasteiger partial charge on any atom is 0.228 e. The number of ether oxygens (including phenoxy) is 1. The van der Waals surface area contributed by atoms with Crippen LogP contribution in [0, 0.1) is 5.92 Å². The molecule has 25 heavy (non-hydrogen) atoms. The lowest BCUT2D eigenvalue weighted by molar-refractivity contribution is -0.131. The summed E-state index contributed by atoms with van der Waals surface area (Å²) in [5, 5.41) is 0. The second-order valence-corrected chi connectivity index (χ2v) is 5.86. The number of carbonyl (C=O) groups excluding carboxylic acids is 3. The van der Waals surface area contributed by atoms with E-state index in [-0.39, 0.29) is 18.0 Å². The van der Waals surface area contributed by atoms with E-state index in [0.29, 0.717) is 11.3 Å². The van der Waals surface area contributed by atoms with Crippen molar-refractivity contribution in [3.8, 4) is 5.75 Å². The number of hydrogen-bond donors (Lipinski definition) is 1. The molecule has 0 radical (unpaired) electrons. The van der Waals surface area contributed by atoms with Gasteiger partial charge in [-0.2, -0.15) is 0 Å². The highest BCUT2D eigenvalue weighted by molar-refractivity contribution is 6.02. The van der Waals surface area contributed by atoms with Crippen LogP contribution in [0.1, 0.15) is 35.2 Å². The molecule has 0 saturated heterocycles. The first kappa shape index (κ1) is 18.4. The van der Waals surface area contributed by atoms with Gasteiger partial charge in [0.25, 0.3) is 0 Å². The average molecular weight is 339 g/mol. The van der Waals surface area contributed by atoms with Crippen molar-refractivity contribution in [1.29, 1.82) is 0 Å². The Morgan fingerprint density at radius 1 is 1.00 bits per heavy atom. The lowest BCUT2D eigenvalue weighted by Crippen LogP contribution is -2.35. The summed E-state index contributed by atoms with van der Waals surface area (Å²) < 4.78 is 5.08. The standard InChI is InChI=1S/C20H21NO4/c1-13(22)19(20(21)24)17(14-6-4-3-5-7-14)12-18(23)15-8-10-16(25-2)11-9-15/h3-11,17,19H,12H2,1-2H3,(H2,21,24). The second kappa shape index (κ2) is 8.24. The third-order valence-electron chi connectivity index (χ3n) is 4.19. The molecule has 2 atom stereocenters. The molecule has 0 bridgehead atoms. The Morgan fingerprint density at radius 3 is 2.08 bits per heavy atom. The van der Waals surface area contributed by atoms with E-state index in [9.17, 15) is 14.4 Å². The number of hydrogen-bond acceptors (Lipinski definition) is 4. The molecule has 1 amide bonds. The van der Waals surface area contributed by atoms with Crippen molar-refractivity contribution in [3.05, 3.63) is 65.7 Å². The molecule has 2 N–H and O–H groups in total. The van der Waals surface area contributed by atoms with Gasteiger partial charge >= 0.3 is 0 Å². The Hall–Kier alpha value is -2.95. The molecule has 5 heteroatoms. The number of carbonyl (C=O) groups is 3. The minimum Gasteiger partial charge on any atom is -0.497 e. The number of nitrogens with two attached hydrogens (primary N) is 1. The highest BCUT2D eigenvalue weighted by Crippen LogP contribution is 2.30. The second-order valence-electron chi connectivity index (χ2n) is 5.86. The summed E-state index contributed by atoms with van der Waals surface area (Å²) in [7, 11) is 1.55. The molecule has 0 fully saturated rings. The molecule has 5 nitrogen and oxygen atoms in total. The first-order valence-electron chi connectivity index (χ1n) is 7.96. The Labute approximate surface area is 146 Å². The number of benzene rings is 2. The van der Waals surface area contributed by atoms with Crippen molar-refractivity contribution >= 4 is 17.5 Å². The van der Waals surface area contributed by atoms with E-state index in [2.05, 4.69) is 0 Å². The quantitative estimate of drug-likeness (QED) is 0.592. The predicted octanol–water partition coefficient (Wildman–Crippen LogP) is 2.74. The van der Waals surface area contributed by atoms with E-state index < -0.39 is 17.7 Å². The molecule has 2 rings (SSSR count). The Bertz CT molecular complexity index is 739. The van der Waals surface area contributed by atoms with Gasteiger partial charge in [-0.1, -0.05) is 30.3 Å². The zero-order valence-corrected chi connectivity index (χ0v) is 14.3. The number of Topliss-reactive ketones (excluding diaryl/α,β-unsaturated/α-hetero) is 2. The summed E-state index contributed by atoms with van der Waals surface area (Å²) >= 11 is 0. The first-order chi connectivity index (χ1) is 11.9. The van der Waals surface area contributed by atoms with Crippen LogP contribution in [0.15, 0.2) is 54.6 Å². The highest BCUT2D eigenvalue weighted by Gasteiger charge is 2.33. The van der Waals surface area contributed by atoms with Gasteiger partial charge in [-0.25, -0.2) is 0 Å². The first-order valence-corrected chi connectivity index (χ1v) is 7.96. The maximum absolute atomic E-state index is 12.7. The molecule has 0 aliphatic heterocycles. The SMILES string of the molecule is COc1ccc(C(=O)CC(c2ccccc2)C(C(C)=O)C(N)=O)cc1. The minimum atomic E-state index is -1.04. The highest BCUT2D eigenvalue weighted by atomic mass is 16.5. The molecule has 0 aliphatic rings. The van der Waals surface area contributed by atoms with Crippen LogP contribution in [0.25, 0.3) is 0 Å². The van der Waals surface area contributed by atoms with E-state index >= 15 is 0 Å². The van der Waals surface area contributed by atoms with Crippen LogP contribution in [0.4, 0.5) is 0 Å². The number of primary amides is 1. The molecular weight excluding hydrogens is 318 g/mol. The fourth-order valence-corrected chi connectivity index (χ4v) is 2.90. The molecule has 0 aromatic heterocycles. The zero-order valence-electron chi connectivity index (χ0n) is 14.3. The van der Waals surface area contributed by atoms with Crippen molar-refractivity contribution in [1.82, 2.24) is 0 Å². The van der Waals surface area contributed by atoms with Crippen LogP contribution in [0.5, 0.6) is 5.75 Å². The number of ketones is 2. The van der Waals surface area contributed by atoms with Crippen molar-refractivity contribution in [3.63, 3.8) is 0 Å². The van der Waals surface area contributed by atoms with E-state index in [4.69, 9.17) is 10.5 Å². The predicted molar refractivity (Wildman–Crippen MR) is 94.5 cm³/mol. The van der Waals surface area contributed by atoms with Crippen LogP contribution in [0.3, 0.4) is 0 Å². The van der Waals surface area contributed by atoms with Gasteiger partial charge in [-0.3, -0.25) is 14.4 Å². The van der Waals surface area contributed by atoms with E-state index in [1.54, 1.807) is 55.6 Å². The smallest absolute Gasteiger partial charge is 0.228 e. The van der Waals surface area contributed by atoms with Crippen LogP contribution >= 0.6 is 0 Å². The molecule has 2 unspecified atom stereocenters. The topological polar surface area (TPSA) is 86.5 Å². The number of methoxy groups -OCH3 is 1. The number of amides is 1. The molecule has 2 aromatic rings. The third kappa shape index (κ3) is 4.53. The summed E-state index contributed by atoms with van der Waals surface area (Å²) in [5.74, 6) is -2.21. The van der Waals surface area contributed by atoms with Crippen LogP contribution in [-0.2, 0) is 9.59 Å². The van der Waals surface area contributed by atoms with E-state index in [1.807, 2.05) is 6.07 Å². The fraction of sp³-hybridized carbons (Fsp3) is 0.250. The molecule has 0 spiro atoms. The van der Waals surface area contributed by atoms with E-state index in [0.717, 1.165) is 5.56 Å². The van der Waals surface area contributed by atoms with Crippen LogP contribution in [-0.4, -0.2) is 24.6 Å². The van der Waals surface area contributed by atoms with Crippen LogP contribution < -0.4 is 10.5 Å². The monoisotopic (exact) mass is 339 g/mol. The molecule has 0 aliphatic carbocycles. The normalized spacial score (nSPS) is 12.9. The van der Waals surface area contributed by atoms with Gasteiger partial charge in [0.05, 0.1) is 7.11 Å². The van der Waals surface area contributed by atoms with Gasteiger partial charge in [-0.15, -0.1) is 0 Å². The summed E-state index contributed by atoms with van der Waals surface area (Å²) in [5.41, 5.74) is 6.67. The third-order valence-corrected chi connectivity index (χ3v) is 4.19. The summed E-state index contributed by atoms with van der Waals surface area (Å²) in [6.07, 6.45) is 0.0174. The minimum absolute atomic E-state index is 0.0174.